The number of carbonyl (C=O) groups is 3. The van der Waals surface area contributed by atoms with Gasteiger partial charge in [-0.3, -0.25) is 14.4 Å². The van der Waals surface area contributed by atoms with Crippen molar-refractivity contribution in [1.29, 1.82) is 0 Å². The minimum absolute atomic E-state index is 0.0913. The quantitative estimate of drug-likeness (QED) is 0.0262. The maximum Gasteiger partial charge on any atom is 0.306 e. The Hall–Kier alpha value is -2.89. The number of allylic oxidation sites excluding steroid dienone is 10. The molecule has 6 heteroatoms. The molecule has 0 fully saturated rings. The molecule has 0 aromatic carbocycles. The Kier molecular flexibility index (Phi) is 49.4. The fraction of sp³-hybridized carbons (Fsp3) is 0.772. The van der Waals surface area contributed by atoms with Crippen molar-refractivity contribution in [2.75, 3.05) is 13.2 Å². The molecule has 0 N–H and O–H groups in total. The van der Waals surface area contributed by atoms with Gasteiger partial charge >= 0.3 is 17.9 Å². The summed E-state index contributed by atoms with van der Waals surface area (Å²) in [5.74, 6) is -0.935. The van der Waals surface area contributed by atoms with E-state index >= 15 is 0 Å². The number of carbonyl (C=O) groups excluding carboxylic acids is 3. The summed E-state index contributed by atoms with van der Waals surface area (Å²) in [5, 5.41) is 0. The van der Waals surface area contributed by atoms with Crippen LogP contribution < -0.4 is 0 Å². The second-order valence-electron chi connectivity index (χ2n) is 17.8. The third-order valence-electron chi connectivity index (χ3n) is 11.5. The molecule has 0 radical (unpaired) electrons. The van der Waals surface area contributed by atoms with Gasteiger partial charge in [-0.25, -0.2) is 0 Å². The van der Waals surface area contributed by atoms with Gasteiger partial charge in [-0.05, 0) is 83.5 Å². The Morgan fingerprint density at radius 2 is 0.619 bits per heavy atom. The van der Waals surface area contributed by atoms with Crippen molar-refractivity contribution in [3.8, 4) is 0 Å². The lowest BCUT2D eigenvalue weighted by Gasteiger charge is -2.18. The van der Waals surface area contributed by atoms with Gasteiger partial charge in [0.15, 0.2) is 6.10 Å². The Labute approximate surface area is 390 Å². The summed E-state index contributed by atoms with van der Waals surface area (Å²) in [6.45, 7) is 6.48. The van der Waals surface area contributed by atoms with Gasteiger partial charge in [0.1, 0.15) is 13.2 Å². The first-order chi connectivity index (χ1) is 31.0. The molecule has 0 aliphatic heterocycles. The third kappa shape index (κ3) is 50.0. The summed E-state index contributed by atoms with van der Waals surface area (Å²) in [6.07, 6.45) is 63.5. The monoisotopic (exact) mass is 881 g/mol. The van der Waals surface area contributed by atoms with Gasteiger partial charge in [0.2, 0.25) is 0 Å². The standard InChI is InChI=1S/C57H100O6/c1-4-7-10-13-16-19-22-25-27-28-30-32-35-38-41-44-47-50-56(59)62-53-54(52-61-55(58)49-46-43-40-37-34-31-24-21-18-15-12-9-6-3)63-57(60)51-48-45-42-39-36-33-29-26-23-20-17-14-11-8-5-2/h8,11,17,20-21,24,26,29,36,39,54H,4-7,9-10,12-16,18-19,22-23,25,27-28,30-35,37-38,40-53H2,1-3H3/b11-8-,20-17-,24-21-,29-26-,39-36-/t54-/m1/s1. The number of rotatable bonds is 48. The zero-order valence-corrected chi connectivity index (χ0v) is 41.6. The van der Waals surface area contributed by atoms with Gasteiger partial charge in [-0.1, -0.05) is 223 Å². The summed E-state index contributed by atoms with van der Waals surface area (Å²) < 4.78 is 16.8. The number of hydrogen-bond donors (Lipinski definition) is 0. The number of ether oxygens (including phenoxy) is 3. The van der Waals surface area contributed by atoms with E-state index < -0.39 is 6.10 Å². The van der Waals surface area contributed by atoms with E-state index in [0.717, 1.165) is 83.5 Å². The molecule has 0 saturated carbocycles. The highest BCUT2D eigenvalue weighted by atomic mass is 16.6. The molecular weight excluding hydrogens is 781 g/mol. The Balaban J connectivity index is 4.42. The van der Waals surface area contributed by atoms with Crippen molar-refractivity contribution in [2.24, 2.45) is 0 Å². The molecule has 0 aliphatic rings. The fourth-order valence-corrected chi connectivity index (χ4v) is 7.49. The molecule has 0 aliphatic carbocycles. The molecule has 0 bridgehead atoms. The molecule has 0 amide bonds. The Bertz CT molecular complexity index is 1150. The lowest BCUT2D eigenvalue weighted by molar-refractivity contribution is -0.167. The van der Waals surface area contributed by atoms with Gasteiger partial charge in [0.25, 0.3) is 0 Å². The molecule has 0 rings (SSSR count). The molecule has 0 aromatic heterocycles. The van der Waals surface area contributed by atoms with Crippen molar-refractivity contribution in [3.63, 3.8) is 0 Å². The van der Waals surface area contributed by atoms with Gasteiger partial charge < -0.3 is 14.2 Å². The van der Waals surface area contributed by atoms with Crippen molar-refractivity contribution >= 4 is 17.9 Å². The molecule has 0 saturated heterocycles. The van der Waals surface area contributed by atoms with E-state index in [1.165, 1.54) is 135 Å². The van der Waals surface area contributed by atoms with Crippen LogP contribution in [0, 0.1) is 0 Å². The first-order valence-corrected chi connectivity index (χ1v) is 26.8. The van der Waals surface area contributed by atoms with E-state index in [0.29, 0.717) is 19.3 Å². The molecule has 364 valence electrons. The van der Waals surface area contributed by atoms with E-state index in [1.54, 1.807) is 0 Å². The highest BCUT2D eigenvalue weighted by molar-refractivity contribution is 5.71. The molecule has 0 aromatic rings. The van der Waals surface area contributed by atoms with E-state index in [1.807, 2.05) is 0 Å². The largest absolute Gasteiger partial charge is 0.462 e. The number of unbranched alkanes of at least 4 members (excludes halogenated alkanes) is 27. The number of esters is 3. The topological polar surface area (TPSA) is 78.9 Å². The minimum atomic E-state index is -0.796. The Morgan fingerprint density at radius 3 is 1.03 bits per heavy atom. The van der Waals surface area contributed by atoms with Gasteiger partial charge in [0, 0.05) is 19.3 Å². The Morgan fingerprint density at radius 1 is 0.333 bits per heavy atom. The highest BCUT2D eigenvalue weighted by Crippen LogP contribution is 2.15. The minimum Gasteiger partial charge on any atom is -0.462 e. The second kappa shape index (κ2) is 51.7. The molecular formula is C57H100O6. The molecule has 0 unspecified atom stereocenters. The summed E-state index contributed by atoms with van der Waals surface area (Å²) in [7, 11) is 0. The predicted octanol–water partition coefficient (Wildman–Crippen LogP) is 17.6. The van der Waals surface area contributed by atoms with Crippen LogP contribution in [0.4, 0.5) is 0 Å². The van der Waals surface area contributed by atoms with Crippen LogP contribution in [-0.2, 0) is 28.6 Å². The molecule has 0 heterocycles. The van der Waals surface area contributed by atoms with Crippen LogP contribution in [0.2, 0.25) is 0 Å². The van der Waals surface area contributed by atoms with Crippen LogP contribution in [0.5, 0.6) is 0 Å². The first-order valence-electron chi connectivity index (χ1n) is 26.8. The van der Waals surface area contributed by atoms with Crippen LogP contribution >= 0.6 is 0 Å². The average Bonchev–Trinajstić information content (AvgIpc) is 3.28. The normalized spacial score (nSPS) is 12.5. The maximum atomic E-state index is 12.8. The van der Waals surface area contributed by atoms with E-state index in [-0.39, 0.29) is 37.5 Å². The molecule has 63 heavy (non-hydrogen) atoms. The smallest absolute Gasteiger partial charge is 0.306 e. The van der Waals surface area contributed by atoms with Crippen molar-refractivity contribution in [2.45, 2.75) is 271 Å². The summed E-state index contributed by atoms with van der Waals surface area (Å²) in [4.78, 5) is 38.0. The third-order valence-corrected chi connectivity index (χ3v) is 11.5. The van der Waals surface area contributed by atoms with Crippen molar-refractivity contribution < 1.29 is 28.6 Å². The summed E-state index contributed by atoms with van der Waals surface area (Å²) in [5.41, 5.74) is 0. The summed E-state index contributed by atoms with van der Waals surface area (Å²) >= 11 is 0. The van der Waals surface area contributed by atoms with Crippen LogP contribution in [0.3, 0.4) is 0 Å². The average molecular weight is 881 g/mol. The first kappa shape index (κ1) is 60.1. The summed E-state index contributed by atoms with van der Waals surface area (Å²) in [6, 6.07) is 0. The molecule has 1 atom stereocenters. The van der Waals surface area contributed by atoms with Crippen LogP contribution in [0.15, 0.2) is 60.8 Å². The van der Waals surface area contributed by atoms with Crippen LogP contribution in [0.1, 0.15) is 265 Å². The zero-order chi connectivity index (χ0) is 45.8. The second-order valence-corrected chi connectivity index (χ2v) is 17.8. The van der Waals surface area contributed by atoms with Gasteiger partial charge in [-0.2, -0.15) is 0 Å². The number of hydrogen-bond acceptors (Lipinski definition) is 6. The zero-order valence-electron chi connectivity index (χ0n) is 41.6. The lowest BCUT2D eigenvalue weighted by Crippen LogP contribution is -2.30. The molecule has 6 nitrogen and oxygen atoms in total. The molecule has 0 spiro atoms. The van der Waals surface area contributed by atoms with Crippen LogP contribution in [0.25, 0.3) is 0 Å². The van der Waals surface area contributed by atoms with E-state index in [4.69, 9.17) is 14.2 Å². The SMILES string of the molecule is CC/C=C\C/C=C\C/C=C\C/C=C\CCCCC(=O)O[C@H](COC(=O)CCCCCCC/C=C\CCCCCC)COC(=O)CCCCCCCCCCCCCCCCCCC. The van der Waals surface area contributed by atoms with E-state index in [9.17, 15) is 14.4 Å². The van der Waals surface area contributed by atoms with Crippen LogP contribution in [-0.4, -0.2) is 37.2 Å². The fourth-order valence-electron chi connectivity index (χ4n) is 7.49. The maximum absolute atomic E-state index is 12.8. The van der Waals surface area contributed by atoms with Gasteiger partial charge in [-0.15, -0.1) is 0 Å². The van der Waals surface area contributed by atoms with Crippen molar-refractivity contribution in [1.82, 2.24) is 0 Å². The highest BCUT2D eigenvalue weighted by Gasteiger charge is 2.19. The predicted molar refractivity (Wildman–Crippen MR) is 270 cm³/mol. The van der Waals surface area contributed by atoms with Gasteiger partial charge in [0.05, 0.1) is 0 Å². The van der Waals surface area contributed by atoms with E-state index in [2.05, 4.69) is 81.5 Å². The lowest BCUT2D eigenvalue weighted by atomic mass is 10.0. The van der Waals surface area contributed by atoms with Crippen molar-refractivity contribution in [3.05, 3.63) is 60.8 Å².